The average molecular weight is 227 g/mol. The lowest BCUT2D eigenvalue weighted by molar-refractivity contribution is -0.130. The monoisotopic (exact) mass is 227 g/mol. The van der Waals surface area contributed by atoms with E-state index in [4.69, 9.17) is 4.74 Å². The van der Waals surface area contributed by atoms with Crippen LogP contribution >= 0.6 is 0 Å². The minimum atomic E-state index is -0.541. The van der Waals surface area contributed by atoms with Crippen LogP contribution in [0.5, 0.6) is 0 Å². The largest absolute Gasteiger partial charge is 0.443 e. The van der Waals surface area contributed by atoms with Crippen LogP contribution in [-0.4, -0.2) is 29.0 Å². The number of likely N-dealkylation sites (tertiary alicyclic amines) is 1. The summed E-state index contributed by atoms with van der Waals surface area (Å²) in [5, 5.41) is 0. The van der Waals surface area contributed by atoms with Gasteiger partial charge in [0.25, 0.3) is 0 Å². The lowest BCUT2D eigenvalue weighted by Gasteiger charge is -2.23. The maximum Gasteiger partial charge on any atom is 0.417 e. The van der Waals surface area contributed by atoms with E-state index in [1.54, 1.807) is 20.8 Å². The normalized spacial score (nSPS) is 21.4. The van der Waals surface area contributed by atoms with Crippen LogP contribution in [0.3, 0.4) is 0 Å². The number of hydrogen-bond acceptors (Lipinski definition) is 3. The number of hydrogen-bond donors (Lipinski definition) is 0. The second kappa shape index (κ2) is 4.85. The standard InChI is InChI=1S/C12H21NO3/c1-5-6-9-7-8-13(10(9)14)11(15)16-12(2,3)4/h9H,5-8H2,1-4H3. The molecule has 0 spiro atoms. The molecule has 0 saturated carbocycles. The van der Waals surface area contributed by atoms with E-state index in [0.717, 1.165) is 19.3 Å². The minimum absolute atomic E-state index is 0.0116. The van der Waals surface area contributed by atoms with E-state index in [1.807, 2.05) is 6.92 Å². The molecule has 1 fully saturated rings. The van der Waals surface area contributed by atoms with Gasteiger partial charge in [0.15, 0.2) is 0 Å². The summed E-state index contributed by atoms with van der Waals surface area (Å²) in [6, 6.07) is 0. The Balaban J connectivity index is 2.57. The van der Waals surface area contributed by atoms with Gasteiger partial charge in [0, 0.05) is 12.5 Å². The first kappa shape index (κ1) is 13.0. The van der Waals surface area contributed by atoms with E-state index >= 15 is 0 Å². The van der Waals surface area contributed by atoms with E-state index in [9.17, 15) is 9.59 Å². The molecule has 1 aliphatic rings. The van der Waals surface area contributed by atoms with Crippen molar-refractivity contribution in [2.45, 2.75) is 52.6 Å². The quantitative estimate of drug-likeness (QED) is 0.728. The molecule has 0 aromatic rings. The fourth-order valence-electron chi connectivity index (χ4n) is 1.85. The van der Waals surface area contributed by atoms with Crippen LogP contribution in [-0.2, 0) is 9.53 Å². The second-order valence-corrected chi connectivity index (χ2v) is 5.24. The van der Waals surface area contributed by atoms with Crippen molar-refractivity contribution in [1.82, 2.24) is 4.90 Å². The topological polar surface area (TPSA) is 46.6 Å². The highest BCUT2D eigenvalue weighted by Crippen LogP contribution is 2.24. The fourth-order valence-corrected chi connectivity index (χ4v) is 1.85. The summed E-state index contributed by atoms with van der Waals surface area (Å²) in [5.74, 6) is -0.0615. The summed E-state index contributed by atoms with van der Waals surface area (Å²) < 4.78 is 5.18. The third-order valence-corrected chi connectivity index (χ3v) is 2.57. The SMILES string of the molecule is CCCC1CCN(C(=O)OC(C)(C)C)C1=O. The molecule has 0 radical (unpaired) electrons. The van der Waals surface area contributed by atoms with E-state index in [0.29, 0.717) is 6.54 Å². The molecule has 1 atom stereocenters. The van der Waals surface area contributed by atoms with E-state index in [-0.39, 0.29) is 11.8 Å². The van der Waals surface area contributed by atoms with Crippen LogP contribution in [0.15, 0.2) is 0 Å². The van der Waals surface area contributed by atoms with Gasteiger partial charge in [0.05, 0.1) is 0 Å². The highest BCUT2D eigenvalue weighted by Gasteiger charge is 2.36. The molecule has 1 saturated heterocycles. The zero-order valence-corrected chi connectivity index (χ0v) is 10.6. The Morgan fingerprint density at radius 1 is 1.50 bits per heavy atom. The summed E-state index contributed by atoms with van der Waals surface area (Å²) in [4.78, 5) is 24.8. The predicted molar refractivity (Wildman–Crippen MR) is 61.0 cm³/mol. The number of nitrogens with zero attached hydrogens (tertiary/aromatic N) is 1. The van der Waals surface area contributed by atoms with Crippen molar-refractivity contribution in [2.75, 3.05) is 6.54 Å². The summed E-state index contributed by atoms with van der Waals surface area (Å²) in [7, 11) is 0. The van der Waals surface area contributed by atoms with Gasteiger partial charge >= 0.3 is 6.09 Å². The molecule has 0 N–H and O–H groups in total. The number of ether oxygens (including phenoxy) is 1. The fraction of sp³-hybridized carbons (Fsp3) is 0.833. The molecule has 16 heavy (non-hydrogen) atoms. The lowest BCUT2D eigenvalue weighted by Crippen LogP contribution is -2.38. The van der Waals surface area contributed by atoms with Crippen molar-refractivity contribution in [3.05, 3.63) is 0 Å². The average Bonchev–Trinajstić information content (AvgIpc) is 2.46. The van der Waals surface area contributed by atoms with Crippen LogP contribution < -0.4 is 0 Å². The van der Waals surface area contributed by atoms with E-state index in [2.05, 4.69) is 0 Å². The van der Waals surface area contributed by atoms with Crippen LogP contribution in [0.25, 0.3) is 0 Å². The first-order valence-electron chi connectivity index (χ1n) is 5.89. The van der Waals surface area contributed by atoms with Crippen molar-refractivity contribution >= 4 is 12.0 Å². The second-order valence-electron chi connectivity index (χ2n) is 5.24. The Morgan fingerprint density at radius 3 is 2.62 bits per heavy atom. The number of carbonyl (C=O) groups excluding carboxylic acids is 2. The van der Waals surface area contributed by atoms with Crippen molar-refractivity contribution < 1.29 is 14.3 Å². The van der Waals surface area contributed by atoms with Crippen LogP contribution in [0.2, 0.25) is 0 Å². The number of rotatable bonds is 2. The molecule has 92 valence electrons. The molecule has 4 heteroatoms. The minimum Gasteiger partial charge on any atom is -0.443 e. The molecule has 1 unspecified atom stereocenters. The smallest absolute Gasteiger partial charge is 0.417 e. The van der Waals surface area contributed by atoms with Crippen molar-refractivity contribution in [2.24, 2.45) is 5.92 Å². The first-order chi connectivity index (χ1) is 7.35. The van der Waals surface area contributed by atoms with Gasteiger partial charge in [0.2, 0.25) is 5.91 Å². The van der Waals surface area contributed by atoms with Gasteiger partial charge in [-0.3, -0.25) is 4.79 Å². The highest BCUT2D eigenvalue weighted by atomic mass is 16.6. The predicted octanol–water partition coefficient (Wildman–Crippen LogP) is 2.57. The third-order valence-electron chi connectivity index (χ3n) is 2.57. The van der Waals surface area contributed by atoms with Crippen molar-refractivity contribution in [1.29, 1.82) is 0 Å². The Bertz CT molecular complexity index is 280. The molecule has 1 rings (SSSR count). The molecule has 1 heterocycles. The zero-order valence-electron chi connectivity index (χ0n) is 10.6. The summed E-state index contributed by atoms with van der Waals surface area (Å²) in [6.45, 7) is 7.95. The Kier molecular flexibility index (Phi) is 3.94. The van der Waals surface area contributed by atoms with Gasteiger partial charge in [-0.25, -0.2) is 9.69 Å². The zero-order chi connectivity index (χ0) is 12.3. The lowest BCUT2D eigenvalue weighted by atomic mass is 10.0. The Labute approximate surface area is 96.9 Å². The highest BCUT2D eigenvalue weighted by molar-refractivity contribution is 5.95. The molecule has 0 aliphatic carbocycles. The van der Waals surface area contributed by atoms with Crippen LogP contribution in [0.4, 0.5) is 4.79 Å². The molecule has 0 aromatic carbocycles. The van der Waals surface area contributed by atoms with Gasteiger partial charge in [-0.05, 0) is 33.6 Å². The van der Waals surface area contributed by atoms with Crippen molar-refractivity contribution in [3.63, 3.8) is 0 Å². The summed E-state index contributed by atoms with van der Waals surface area (Å²) in [5.41, 5.74) is -0.541. The van der Waals surface area contributed by atoms with Crippen LogP contribution in [0.1, 0.15) is 47.0 Å². The molecule has 2 amide bonds. The van der Waals surface area contributed by atoms with Gasteiger partial charge < -0.3 is 4.74 Å². The molecular weight excluding hydrogens is 206 g/mol. The van der Waals surface area contributed by atoms with Crippen LogP contribution in [0, 0.1) is 5.92 Å². The number of carbonyl (C=O) groups is 2. The van der Waals surface area contributed by atoms with Crippen molar-refractivity contribution in [3.8, 4) is 0 Å². The van der Waals surface area contributed by atoms with Gasteiger partial charge in [-0.2, -0.15) is 0 Å². The maximum absolute atomic E-state index is 11.8. The molecular formula is C12H21NO3. The third kappa shape index (κ3) is 3.22. The molecule has 0 bridgehead atoms. The van der Waals surface area contributed by atoms with E-state index in [1.165, 1.54) is 4.90 Å². The number of amides is 2. The molecule has 4 nitrogen and oxygen atoms in total. The summed E-state index contributed by atoms with van der Waals surface area (Å²) >= 11 is 0. The Morgan fingerprint density at radius 2 is 2.12 bits per heavy atom. The Hall–Kier alpha value is -1.06. The summed E-state index contributed by atoms with van der Waals surface area (Å²) in [6.07, 6.45) is 2.10. The number of imide groups is 1. The molecule has 0 aromatic heterocycles. The van der Waals surface area contributed by atoms with E-state index < -0.39 is 11.7 Å². The van der Waals surface area contributed by atoms with Gasteiger partial charge in [0.1, 0.15) is 5.60 Å². The first-order valence-corrected chi connectivity index (χ1v) is 5.89. The van der Waals surface area contributed by atoms with Gasteiger partial charge in [-0.1, -0.05) is 13.3 Å². The molecule has 1 aliphatic heterocycles. The maximum atomic E-state index is 11.8. The van der Waals surface area contributed by atoms with Gasteiger partial charge in [-0.15, -0.1) is 0 Å².